The van der Waals surface area contributed by atoms with E-state index in [-0.39, 0.29) is 6.42 Å². The van der Waals surface area contributed by atoms with Crippen LogP contribution in [0.4, 0.5) is 5.69 Å². The molecule has 0 heterocycles. The fourth-order valence-corrected chi connectivity index (χ4v) is 1.67. The average molecular weight is 295 g/mol. The van der Waals surface area contributed by atoms with Gasteiger partial charge in [-0.15, -0.1) is 6.58 Å². The minimum absolute atomic E-state index is 0.288. The lowest BCUT2D eigenvalue weighted by Crippen LogP contribution is -2.28. The van der Waals surface area contributed by atoms with E-state index in [1.807, 2.05) is 6.07 Å². The molecule has 0 spiro atoms. The average Bonchev–Trinajstić information content (AvgIpc) is 2.30. The molecule has 0 fully saturated rings. The van der Waals surface area contributed by atoms with E-state index >= 15 is 0 Å². The van der Waals surface area contributed by atoms with E-state index in [2.05, 4.69) is 27.8 Å². The van der Waals surface area contributed by atoms with E-state index < -0.39 is 12.0 Å². The number of carboxylic acid groups (broad SMARTS) is 1. The highest BCUT2D eigenvalue weighted by molar-refractivity contribution is 9.10. The minimum Gasteiger partial charge on any atom is -0.480 e. The number of nitrogens with zero attached hydrogens (tertiary/aromatic N) is 1. The Morgan fingerprint density at radius 2 is 2.41 bits per heavy atom. The van der Waals surface area contributed by atoms with Gasteiger partial charge >= 0.3 is 5.97 Å². The third kappa shape index (κ3) is 3.61. The molecule has 4 nitrogen and oxygen atoms in total. The predicted molar refractivity (Wildman–Crippen MR) is 68.7 cm³/mol. The summed E-state index contributed by atoms with van der Waals surface area (Å²) in [6, 6.07) is 6.28. The van der Waals surface area contributed by atoms with E-state index in [1.165, 1.54) is 6.08 Å². The van der Waals surface area contributed by atoms with Gasteiger partial charge in [0.05, 0.1) is 11.3 Å². The lowest BCUT2D eigenvalue weighted by atomic mass is 10.1. The summed E-state index contributed by atoms with van der Waals surface area (Å²) in [7, 11) is 0. The molecule has 0 saturated carbocycles. The number of nitriles is 1. The Kier molecular flexibility index (Phi) is 4.73. The lowest BCUT2D eigenvalue weighted by Gasteiger charge is -2.15. The number of rotatable bonds is 5. The number of halogens is 1. The van der Waals surface area contributed by atoms with E-state index in [9.17, 15) is 4.79 Å². The molecule has 17 heavy (non-hydrogen) atoms. The minimum atomic E-state index is -0.975. The van der Waals surface area contributed by atoms with E-state index in [1.54, 1.807) is 18.2 Å². The molecular weight excluding hydrogens is 284 g/mol. The molecule has 0 amide bonds. The van der Waals surface area contributed by atoms with Crippen molar-refractivity contribution in [2.24, 2.45) is 0 Å². The molecule has 1 atom stereocenters. The Morgan fingerprint density at radius 3 is 2.94 bits per heavy atom. The Hall–Kier alpha value is -1.80. The Bertz CT molecular complexity index is 480. The SMILES string of the molecule is C=CCC(Nc1ccc(Br)cc1C#N)C(=O)O. The zero-order valence-corrected chi connectivity index (χ0v) is 10.6. The largest absolute Gasteiger partial charge is 0.480 e. The molecule has 1 unspecified atom stereocenters. The summed E-state index contributed by atoms with van der Waals surface area (Å²) in [4.78, 5) is 11.0. The van der Waals surface area contributed by atoms with Gasteiger partial charge in [0, 0.05) is 4.47 Å². The quantitative estimate of drug-likeness (QED) is 0.819. The first kappa shape index (κ1) is 13.3. The second kappa shape index (κ2) is 6.06. The maximum Gasteiger partial charge on any atom is 0.326 e. The molecule has 0 aliphatic carbocycles. The molecule has 1 aromatic rings. The first-order valence-corrected chi connectivity index (χ1v) is 5.67. The van der Waals surface area contributed by atoms with Crippen LogP contribution >= 0.6 is 15.9 Å². The maximum atomic E-state index is 11.0. The van der Waals surface area contributed by atoms with Crippen molar-refractivity contribution in [3.63, 3.8) is 0 Å². The van der Waals surface area contributed by atoms with Gasteiger partial charge in [0.25, 0.3) is 0 Å². The van der Waals surface area contributed by atoms with Crippen molar-refractivity contribution in [1.29, 1.82) is 5.26 Å². The lowest BCUT2D eigenvalue weighted by molar-refractivity contribution is -0.137. The molecule has 88 valence electrons. The summed E-state index contributed by atoms with van der Waals surface area (Å²) in [5.41, 5.74) is 0.902. The fourth-order valence-electron chi connectivity index (χ4n) is 1.31. The van der Waals surface area contributed by atoms with Crippen molar-refractivity contribution in [1.82, 2.24) is 0 Å². The van der Waals surface area contributed by atoms with Gasteiger partial charge in [-0.3, -0.25) is 0 Å². The van der Waals surface area contributed by atoms with Crippen LogP contribution in [-0.4, -0.2) is 17.1 Å². The summed E-state index contributed by atoms with van der Waals surface area (Å²) >= 11 is 3.25. The number of carbonyl (C=O) groups is 1. The summed E-state index contributed by atoms with van der Waals surface area (Å²) in [5, 5.41) is 20.7. The molecular formula is C12H11BrN2O2. The third-order valence-corrected chi connectivity index (χ3v) is 2.63. The number of anilines is 1. The maximum absolute atomic E-state index is 11.0. The highest BCUT2D eigenvalue weighted by atomic mass is 79.9. The fraction of sp³-hybridized carbons (Fsp3) is 0.167. The monoisotopic (exact) mass is 294 g/mol. The van der Waals surface area contributed by atoms with Gasteiger partial charge in [-0.1, -0.05) is 22.0 Å². The van der Waals surface area contributed by atoms with Crippen LogP contribution in [0.2, 0.25) is 0 Å². The number of hydrogen-bond acceptors (Lipinski definition) is 3. The predicted octanol–water partition coefficient (Wildman–Crippen LogP) is 2.76. The van der Waals surface area contributed by atoms with E-state index in [0.29, 0.717) is 11.3 Å². The van der Waals surface area contributed by atoms with Crippen LogP contribution in [0.3, 0.4) is 0 Å². The van der Waals surface area contributed by atoms with Crippen LogP contribution in [0.1, 0.15) is 12.0 Å². The van der Waals surface area contributed by atoms with E-state index in [0.717, 1.165) is 4.47 Å². The van der Waals surface area contributed by atoms with Gasteiger partial charge in [-0.2, -0.15) is 5.26 Å². The van der Waals surface area contributed by atoms with Crippen molar-refractivity contribution in [3.8, 4) is 6.07 Å². The van der Waals surface area contributed by atoms with Crippen LogP contribution in [-0.2, 0) is 4.79 Å². The van der Waals surface area contributed by atoms with Crippen LogP contribution in [0.25, 0.3) is 0 Å². The smallest absolute Gasteiger partial charge is 0.326 e. The molecule has 0 saturated heterocycles. The molecule has 1 rings (SSSR count). The zero-order chi connectivity index (χ0) is 12.8. The van der Waals surface area contributed by atoms with Gasteiger partial charge in [-0.25, -0.2) is 4.79 Å². The number of aliphatic carboxylic acids is 1. The summed E-state index contributed by atoms with van der Waals surface area (Å²) in [6.07, 6.45) is 1.81. The highest BCUT2D eigenvalue weighted by Gasteiger charge is 2.16. The Balaban J connectivity index is 2.97. The third-order valence-electron chi connectivity index (χ3n) is 2.13. The van der Waals surface area contributed by atoms with Crippen molar-refractivity contribution in [2.45, 2.75) is 12.5 Å². The van der Waals surface area contributed by atoms with Gasteiger partial charge < -0.3 is 10.4 Å². The van der Waals surface area contributed by atoms with Crippen molar-refractivity contribution >= 4 is 27.6 Å². The number of carboxylic acids is 1. The van der Waals surface area contributed by atoms with Gasteiger partial charge in [-0.05, 0) is 24.6 Å². The second-order valence-corrected chi connectivity index (χ2v) is 4.28. The van der Waals surface area contributed by atoms with Crippen molar-refractivity contribution in [2.75, 3.05) is 5.32 Å². The number of nitrogens with one attached hydrogen (secondary N) is 1. The van der Waals surface area contributed by atoms with Crippen molar-refractivity contribution in [3.05, 3.63) is 40.9 Å². The van der Waals surface area contributed by atoms with Crippen LogP contribution in [0, 0.1) is 11.3 Å². The molecule has 2 N–H and O–H groups in total. The second-order valence-electron chi connectivity index (χ2n) is 3.36. The molecule has 0 radical (unpaired) electrons. The standard InChI is InChI=1S/C12H11BrN2O2/c1-2-3-11(12(16)17)15-10-5-4-9(13)6-8(10)7-14/h2,4-6,11,15H,1,3H2,(H,16,17). The van der Waals surface area contributed by atoms with Gasteiger partial charge in [0.2, 0.25) is 0 Å². The van der Waals surface area contributed by atoms with Crippen LogP contribution < -0.4 is 5.32 Å². The molecule has 0 aliphatic heterocycles. The normalized spacial score (nSPS) is 11.3. The summed E-state index contributed by atoms with van der Waals surface area (Å²) in [6.45, 7) is 3.51. The summed E-state index contributed by atoms with van der Waals surface area (Å²) < 4.78 is 0.773. The molecule has 5 heteroatoms. The number of hydrogen-bond donors (Lipinski definition) is 2. The Morgan fingerprint density at radius 1 is 1.71 bits per heavy atom. The van der Waals surface area contributed by atoms with Crippen LogP contribution in [0.5, 0.6) is 0 Å². The zero-order valence-electron chi connectivity index (χ0n) is 8.98. The topological polar surface area (TPSA) is 73.1 Å². The number of benzene rings is 1. The Labute approximate surface area is 108 Å². The molecule has 1 aromatic carbocycles. The molecule has 0 bridgehead atoms. The van der Waals surface area contributed by atoms with Crippen LogP contribution in [0.15, 0.2) is 35.3 Å². The summed E-state index contributed by atoms with van der Waals surface area (Å²) in [5.74, 6) is -0.975. The first-order valence-electron chi connectivity index (χ1n) is 4.88. The molecule has 0 aromatic heterocycles. The highest BCUT2D eigenvalue weighted by Crippen LogP contribution is 2.21. The van der Waals surface area contributed by atoms with Gasteiger partial charge in [0.1, 0.15) is 12.1 Å². The van der Waals surface area contributed by atoms with E-state index in [4.69, 9.17) is 10.4 Å². The van der Waals surface area contributed by atoms with Crippen molar-refractivity contribution < 1.29 is 9.90 Å². The first-order chi connectivity index (χ1) is 8.08. The molecule has 0 aliphatic rings. The van der Waals surface area contributed by atoms with Gasteiger partial charge in [0.15, 0.2) is 0 Å².